The number of benzene rings is 2. The van der Waals surface area contributed by atoms with Crippen molar-refractivity contribution in [2.45, 2.75) is 38.0 Å². The van der Waals surface area contributed by atoms with Crippen molar-refractivity contribution in [2.24, 2.45) is 0 Å². The lowest BCUT2D eigenvalue weighted by Crippen LogP contribution is -2.51. The van der Waals surface area contributed by atoms with Gasteiger partial charge in [-0.2, -0.15) is 13.2 Å². The van der Waals surface area contributed by atoms with E-state index in [1.165, 1.54) is 19.2 Å². The first-order valence-corrected chi connectivity index (χ1v) is 9.90. The summed E-state index contributed by atoms with van der Waals surface area (Å²) in [5.74, 6) is -0.478. The number of anilines is 1. The molecule has 3 rings (SSSR count). The summed E-state index contributed by atoms with van der Waals surface area (Å²) in [7, 11) is 1.28. The van der Waals surface area contributed by atoms with Crippen LogP contribution in [0.15, 0.2) is 48.5 Å². The molecule has 0 aliphatic carbocycles. The molecule has 9 heteroatoms. The van der Waals surface area contributed by atoms with Crippen LogP contribution in [0.3, 0.4) is 0 Å². The highest BCUT2D eigenvalue weighted by Crippen LogP contribution is 2.32. The number of carbonyl (C=O) groups is 1. The summed E-state index contributed by atoms with van der Waals surface area (Å²) in [6.07, 6.45) is -4.07. The molecular weight excluding hydrogens is 413 g/mol. The minimum atomic E-state index is -4.46. The Kier molecular flexibility index (Phi) is 7.19. The highest BCUT2D eigenvalue weighted by molar-refractivity contribution is 5.89. The summed E-state index contributed by atoms with van der Waals surface area (Å²) in [5.41, 5.74) is 0.739. The van der Waals surface area contributed by atoms with Gasteiger partial charge in [0.2, 0.25) is 0 Å². The first kappa shape index (κ1) is 23.1. The van der Waals surface area contributed by atoms with E-state index in [2.05, 4.69) is 4.74 Å². The fourth-order valence-corrected chi connectivity index (χ4v) is 3.75. The van der Waals surface area contributed by atoms with Crippen LogP contribution in [0.25, 0.3) is 0 Å². The van der Waals surface area contributed by atoms with Crippen LogP contribution in [-0.2, 0) is 17.5 Å². The molecular formula is C22H25F3N2O4. The molecule has 2 N–H and O–H groups in total. The van der Waals surface area contributed by atoms with Gasteiger partial charge in [0, 0.05) is 24.8 Å². The lowest BCUT2D eigenvalue weighted by molar-refractivity contribution is -0.137. The molecule has 0 radical (unpaired) electrons. The third-order valence-electron chi connectivity index (χ3n) is 5.46. The Labute approximate surface area is 178 Å². The molecule has 2 aromatic rings. The number of carbonyl (C=O) groups excluding carboxylic acids is 1. The molecule has 6 nitrogen and oxygen atoms in total. The summed E-state index contributed by atoms with van der Waals surface area (Å²) in [6.45, 7) is 0.624. The predicted octanol–water partition coefficient (Wildman–Crippen LogP) is 3.23. The molecule has 0 spiro atoms. The molecule has 2 atom stereocenters. The summed E-state index contributed by atoms with van der Waals surface area (Å²) >= 11 is 0. The maximum Gasteiger partial charge on any atom is 0.416 e. The zero-order chi connectivity index (χ0) is 22.6. The Balaban J connectivity index is 1.89. The quantitative estimate of drug-likeness (QED) is 0.511. The summed E-state index contributed by atoms with van der Waals surface area (Å²) in [4.78, 5) is 14.9. The molecule has 2 aromatic carbocycles. The molecule has 1 aliphatic heterocycles. The van der Waals surface area contributed by atoms with Crippen LogP contribution < -0.4 is 4.90 Å². The van der Waals surface area contributed by atoms with Crippen molar-refractivity contribution in [3.63, 3.8) is 0 Å². The maximum absolute atomic E-state index is 13.0. The second kappa shape index (κ2) is 9.67. The molecule has 1 heterocycles. The maximum atomic E-state index is 13.0. The molecule has 1 unspecified atom stereocenters. The lowest BCUT2D eigenvalue weighted by Gasteiger charge is -2.38. The fraction of sp³-hybridized carbons (Fsp3) is 0.409. The number of ether oxygens (including phenoxy) is 1. The minimum absolute atomic E-state index is 0.119. The zero-order valence-corrected chi connectivity index (χ0v) is 17.0. The van der Waals surface area contributed by atoms with Crippen LogP contribution in [0, 0.1) is 0 Å². The van der Waals surface area contributed by atoms with E-state index in [1.54, 1.807) is 34.1 Å². The second-order valence-electron chi connectivity index (χ2n) is 7.42. The van der Waals surface area contributed by atoms with Gasteiger partial charge in [-0.3, -0.25) is 4.90 Å². The van der Waals surface area contributed by atoms with E-state index in [9.17, 15) is 28.2 Å². The molecule has 0 bridgehead atoms. The number of halogens is 3. The number of aliphatic hydroxyl groups excluding tert-OH is 2. The largest absolute Gasteiger partial charge is 0.465 e. The van der Waals surface area contributed by atoms with Crippen LogP contribution in [0.1, 0.15) is 34.3 Å². The van der Waals surface area contributed by atoms with Crippen molar-refractivity contribution < 1.29 is 32.9 Å². The van der Waals surface area contributed by atoms with Crippen molar-refractivity contribution in [2.75, 3.05) is 25.2 Å². The molecule has 1 fully saturated rings. The van der Waals surface area contributed by atoms with E-state index in [0.717, 1.165) is 30.5 Å². The standard InChI is InChI=1S/C22H25F3N2O4/c1-31-20(29)16-6-4-15(5-7-16)13-27(21(30)26-12-2-3-19(26)14-28)18-10-8-17(9-11-18)22(23,24)25/h4-11,19,21,28,30H,2-3,12-14H2,1H3/t19-,21?/m1/s1. The van der Waals surface area contributed by atoms with E-state index >= 15 is 0 Å². The smallest absolute Gasteiger partial charge is 0.416 e. The molecule has 0 aromatic heterocycles. The number of hydrogen-bond donors (Lipinski definition) is 2. The van der Waals surface area contributed by atoms with Crippen molar-refractivity contribution in [1.29, 1.82) is 0 Å². The van der Waals surface area contributed by atoms with Crippen LogP contribution in [0.4, 0.5) is 18.9 Å². The van der Waals surface area contributed by atoms with E-state index in [0.29, 0.717) is 17.8 Å². The molecule has 0 saturated carbocycles. The van der Waals surface area contributed by atoms with Crippen molar-refractivity contribution in [3.05, 3.63) is 65.2 Å². The molecule has 31 heavy (non-hydrogen) atoms. The number of rotatable bonds is 7. The summed E-state index contributed by atoms with van der Waals surface area (Å²) < 4.78 is 43.6. The number of aliphatic hydroxyl groups is 2. The monoisotopic (exact) mass is 438 g/mol. The van der Waals surface area contributed by atoms with E-state index in [4.69, 9.17) is 0 Å². The van der Waals surface area contributed by atoms with Crippen molar-refractivity contribution >= 4 is 11.7 Å². The van der Waals surface area contributed by atoms with Crippen LogP contribution in [0.5, 0.6) is 0 Å². The van der Waals surface area contributed by atoms with Gasteiger partial charge >= 0.3 is 12.1 Å². The molecule has 0 amide bonds. The number of esters is 1. The van der Waals surface area contributed by atoms with Gasteiger partial charge < -0.3 is 19.8 Å². The molecule has 1 aliphatic rings. The van der Waals surface area contributed by atoms with Crippen molar-refractivity contribution in [1.82, 2.24) is 4.90 Å². The van der Waals surface area contributed by atoms with Crippen LogP contribution in [0.2, 0.25) is 0 Å². The number of alkyl halides is 3. The average Bonchev–Trinajstić information content (AvgIpc) is 3.25. The number of likely N-dealkylation sites (tertiary alicyclic amines) is 1. The molecule has 168 valence electrons. The zero-order valence-electron chi connectivity index (χ0n) is 17.0. The van der Waals surface area contributed by atoms with Gasteiger partial charge in [-0.25, -0.2) is 4.79 Å². The summed E-state index contributed by atoms with van der Waals surface area (Å²) in [6, 6.07) is 10.9. The Morgan fingerprint density at radius 3 is 2.39 bits per heavy atom. The normalized spacial score (nSPS) is 18.1. The van der Waals surface area contributed by atoms with Gasteiger partial charge in [0.15, 0.2) is 6.35 Å². The van der Waals surface area contributed by atoms with Gasteiger partial charge in [0.05, 0.1) is 24.8 Å². The van der Waals surface area contributed by atoms with Gasteiger partial charge in [0.1, 0.15) is 0 Å². The van der Waals surface area contributed by atoms with Crippen LogP contribution in [-0.4, -0.2) is 53.7 Å². The Bertz CT molecular complexity index is 872. The Morgan fingerprint density at radius 1 is 1.19 bits per heavy atom. The molecule has 1 saturated heterocycles. The Morgan fingerprint density at radius 2 is 1.84 bits per heavy atom. The second-order valence-corrected chi connectivity index (χ2v) is 7.42. The van der Waals surface area contributed by atoms with Gasteiger partial charge in [-0.1, -0.05) is 12.1 Å². The highest BCUT2D eigenvalue weighted by atomic mass is 19.4. The minimum Gasteiger partial charge on any atom is -0.465 e. The van der Waals surface area contributed by atoms with Gasteiger partial charge in [-0.05, 0) is 54.8 Å². The van der Waals surface area contributed by atoms with Gasteiger partial charge in [-0.15, -0.1) is 0 Å². The SMILES string of the molecule is COC(=O)c1ccc(CN(c2ccc(C(F)(F)F)cc2)C(O)N2CCC[C@@H]2CO)cc1. The number of nitrogens with zero attached hydrogens (tertiary/aromatic N) is 2. The highest BCUT2D eigenvalue weighted by Gasteiger charge is 2.34. The van der Waals surface area contributed by atoms with Crippen molar-refractivity contribution in [3.8, 4) is 0 Å². The van der Waals surface area contributed by atoms with Gasteiger partial charge in [0.25, 0.3) is 0 Å². The lowest BCUT2D eigenvalue weighted by atomic mass is 10.1. The third kappa shape index (κ3) is 5.36. The van der Waals surface area contributed by atoms with E-state index in [-0.39, 0.29) is 19.2 Å². The first-order valence-electron chi connectivity index (χ1n) is 9.90. The Hall–Kier alpha value is -2.62. The average molecular weight is 438 g/mol. The fourth-order valence-electron chi connectivity index (χ4n) is 3.75. The van der Waals surface area contributed by atoms with Crippen LogP contribution >= 0.6 is 0 Å². The predicted molar refractivity (Wildman–Crippen MR) is 108 cm³/mol. The third-order valence-corrected chi connectivity index (χ3v) is 5.46. The number of hydrogen-bond acceptors (Lipinski definition) is 6. The number of methoxy groups -OCH3 is 1. The first-order chi connectivity index (χ1) is 14.7. The van der Waals surface area contributed by atoms with E-state index in [1.807, 2.05) is 0 Å². The van der Waals surface area contributed by atoms with E-state index < -0.39 is 24.1 Å². The topological polar surface area (TPSA) is 73.2 Å². The summed E-state index contributed by atoms with van der Waals surface area (Å²) in [5, 5.41) is 20.7.